The Morgan fingerprint density at radius 3 is 2.21 bits per heavy atom. The molecule has 0 N–H and O–H groups in total. The maximum absolute atomic E-state index is 11.8. The molecule has 0 aliphatic carbocycles. The zero-order valence-electron chi connectivity index (χ0n) is 12.7. The Hall–Kier alpha value is -0.0500. The zero-order chi connectivity index (χ0) is 14.1. The van der Waals surface area contributed by atoms with E-state index in [9.17, 15) is 4.79 Å². The number of carbonyl (C=O) groups excluding carboxylic acids is 1. The van der Waals surface area contributed by atoms with E-state index in [-0.39, 0.29) is 0 Å². The van der Waals surface area contributed by atoms with Gasteiger partial charge in [-0.1, -0.05) is 61.9 Å². The molecular weight excluding hydrogens is 302 g/mol. The molecule has 1 amide bonds. The molecule has 1 rings (SSSR count). The van der Waals surface area contributed by atoms with Crippen LogP contribution in [-0.4, -0.2) is 29.2 Å². The highest BCUT2D eigenvalue weighted by Crippen LogP contribution is 2.25. The van der Waals surface area contributed by atoms with E-state index in [1.165, 1.54) is 44.9 Å². The molecule has 0 spiro atoms. The molecule has 1 unspecified atom stereocenters. The van der Waals surface area contributed by atoms with Gasteiger partial charge in [-0.05, 0) is 24.7 Å². The van der Waals surface area contributed by atoms with E-state index in [0.717, 1.165) is 24.8 Å². The number of rotatable bonds is 10. The lowest BCUT2D eigenvalue weighted by Gasteiger charge is -2.17. The quantitative estimate of drug-likeness (QED) is 0.422. The summed E-state index contributed by atoms with van der Waals surface area (Å²) in [5.74, 6) is 1.62. The lowest BCUT2D eigenvalue weighted by atomic mass is 9.95. The van der Waals surface area contributed by atoms with Gasteiger partial charge in [0.25, 0.3) is 0 Å². The first kappa shape index (κ1) is 17.0. The van der Waals surface area contributed by atoms with Crippen LogP contribution in [0, 0.1) is 11.8 Å². The predicted octanol–water partition coefficient (Wildman–Crippen LogP) is 4.62. The van der Waals surface area contributed by atoms with Crippen LogP contribution >= 0.6 is 15.9 Å². The molecule has 19 heavy (non-hydrogen) atoms. The van der Waals surface area contributed by atoms with Gasteiger partial charge in [-0.25, -0.2) is 0 Å². The summed E-state index contributed by atoms with van der Waals surface area (Å²) < 4.78 is 0. The number of nitrogens with zero attached hydrogens (tertiary/aromatic N) is 1. The fraction of sp³-hybridized carbons (Fsp3) is 0.938. The second-order valence-corrected chi connectivity index (χ2v) is 7.00. The molecule has 2 nitrogen and oxygen atoms in total. The molecule has 1 saturated heterocycles. The third-order valence-corrected chi connectivity index (χ3v) is 4.81. The maximum Gasteiger partial charge on any atom is 0.222 e. The molecule has 1 atom stereocenters. The first-order valence-electron chi connectivity index (χ1n) is 7.99. The van der Waals surface area contributed by atoms with Gasteiger partial charge in [0.2, 0.25) is 5.91 Å². The Kier molecular flexibility index (Phi) is 8.76. The van der Waals surface area contributed by atoms with Crippen molar-refractivity contribution in [3.63, 3.8) is 0 Å². The average molecular weight is 332 g/mol. The van der Waals surface area contributed by atoms with Crippen LogP contribution < -0.4 is 0 Å². The number of carbonyl (C=O) groups is 1. The Labute approximate surface area is 127 Å². The Balaban J connectivity index is 1.99. The van der Waals surface area contributed by atoms with Gasteiger partial charge >= 0.3 is 0 Å². The largest absolute Gasteiger partial charge is 0.342 e. The van der Waals surface area contributed by atoms with E-state index in [2.05, 4.69) is 34.7 Å². The summed E-state index contributed by atoms with van der Waals surface area (Å²) in [5.41, 5.74) is 0. The Morgan fingerprint density at radius 2 is 1.68 bits per heavy atom. The molecule has 3 heteroatoms. The summed E-state index contributed by atoms with van der Waals surface area (Å²) in [4.78, 5) is 13.9. The second kappa shape index (κ2) is 9.79. The third kappa shape index (κ3) is 6.78. The number of alkyl halides is 1. The molecule has 0 aromatic carbocycles. The van der Waals surface area contributed by atoms with Crippen molar-refractivity contribution in [2.45, 2.75) is 65.2 Å². The van der Waals surface area contributed by atoms with Gasteiger partial charge in [-0.2, -0.15) is 0 Å². The van der Waals surface area contributed by atoms with Crippen molar-refractivity contribution in [2.75, 3.05) is 18.4 Å². The van der Waals surface area contributed by atoms with Gasteiger partial charge in [-0.15, -0.1) is 0 Å². The number of amides is 1. The summed E-state index contributed by atoms with van der Waals surface area (Å²) in [6.07, 6.45) is 9.96. The first-order chi connectivity index (χ1) is 9.15. The monoisotopic (exact) mass is 331 g/mol. The third-order valence-electron chi connectivity index (χ3n) is 4.25. The standard InChI is InChI=1S/C16H30BrNO/c1-14(2)15-12-16(19)18(13-15)11-9-7-5-3-4-6-8-10-17/h14-15H,3-13H2,1-2H3. The van der Waals surface area contributed by atoms with E-state index >= 15 is 0 Å². The number of halogens is 1. The lowest BCUT2D eigenvalue weighted by molar-refractivity contribution is -0.127. The minimum Gasteiger partial charge on any atom is -0.342 e. The molecule has 1 aliphatic rings. The zero-order valence-corrected chi connectivity index (χ0v) is 14.3. The summed E-state index contributed by atoms with van der Waals surface area (Å²) >= 11 is 3.46. The molecule has 0 aromatic heterocycles. The van der Waals surface area contributed by atoms with E-state index in [4.69, 9.17) is 0 Å². The average Bonchev–Trinajstić information content (AvgIpc) is 2.74. The van der Waals surface area contributed by atoms with Gasteiger partial charge in [0.1, 0.15) is 0 Å². The highest BCUT2D eigenvalue weighted by atomic mass is 79.9. The second-order valence-electron chi connectivity index (χ2n) is 6.21. The molecule has 0 bridgehead atoms. The van der Waals surface area contributed by atoms with Gasteiger partial charge in [-0.3, -0.25) is 4.79 Å². The highest BCUT2D eigenvalue weighted by molar-refractivity contribution is 9.09. The summed E-state index contributed by atoms with van der Waals surface area (Å²) in [6, 6.07) is 0. The number of unbranched alkanes of at least 4 members (excludes halogenated alkanes) is 6. The molecule has 1 heterocycles. The van der Waals surface area contributed by atoms with Crippen LogP contribution in [0.1, 0.15) is 65.2 Å². The molecule has 0 saturated carbocycles. The molecule has 0 radical (unpaired) electrons. The van der Waals surface area contributed by atoms with Gasteiger partial charge < -0.3 is 4.90 Å². The van der Waals surface area contributed by atoms with Crippen LogP contribution in [0.3, 0.4) is 0 Å². The normalized spacial score (nSPS) is 19.7. The first-order valence-corrected chi connectivity index (χ1v) is 9.11. The number of likely N-dealkylation sites (tertiary alicyclic amines) is 1. The van der Waals surface area contributed by atoms with Gasteiger partial charge in [0.05, 0.1) is 0 Å². The van der Waals surface area contributed by atoms with Crippen molar-refractivity contribution >= 4 is 21.8 Å². The van der Waals surface area contributed by atoms with E-state index in [1.807, 2.05) is 0 Å². The van der Waals surface area contributed by atoms with Gasteiger partial charge in [0, 0.05) is 24.8 Å². The van der Waals surface area contributed by atoms with Crippen molar-refractivity contribution in [1.82, 2.24) is 4.90 Å². The van der Waals surface area contributed by atoms with Gasteiger partial charge in [0.15, 0.2) is 0 Å². The van der Waals surface area contributed by atoms with Crippen molar-refractivity contribution in [3.05, 3.63) is 0 Å². The topological polar surface area (TPSA) is 20.3 Å². The van der Waals surface area contributed by atoms with E-state index < -0.39 is 0 Å². The Bertz CT molecular complexity index is 255. The van der Waals surface area contributed by atoms with Crippen molar-refractivity contribution < 1.29 is 4.79 Å². The highest BCUT2D eigenvalue weighted by Gasteiger charge is 2.30. The van der Waals surface area contributed by atoms with Crippen molar-refractivity contribution in [2.24, 2.45) is 11.8 Å². The molecular formula is C16H30BrNO. The van der Waals surface area contributed by atoms with Crippen LogP contribution in [0.5, 0.6) is 0 Å². The van der Waals surface area contributed by atoms with E-state index in [1.54, 1.807) is 0 Å². The SMILES string of the molecule is CC(C)C1CC(=O)N(CCCCCCCCCBr)C1. The fourth-order valence-corrected chi connectivity index (χ4v) is 3.14. The van der Waals surface area contributed by atoms with Crippen LogP contribution in [-0.2, 0) is 4.79 Å². The van der Waals surface area contributed by atoms with Crippen LogP contribution in [0.15, 0.2) is 0 Å². The van der Waals surface area contributed by atoms with Crippen molar-refractivity contribution in [1.29, 1.82) is 0 Å². The smallest absolute Gasteiger partial charge is 0.222 e. The van der Waals surface area contributed by atoms with Crippen LogP contribution in [0.2, 0.25) is 0 Å². The fourth-order valence-electron chi connectivity index (χ4n) is 2.75. The lowest BCUT2D eigenvalue weighted by Crippen LogP contribution is -2.26. The number of hydrogen-bond acceptors (Lipinski definition) is 1. The summed E-state index contributed by atoms with van der Waals surface area (Å²) in [7, 11) is 0. The molecule has 1 fully saturated rings. The van der Waals surface area contributed by atoms with Crippen LogP contribution in [0.4, 0.5) is 0 Å². The summed E-state index contributed by atoms with van der Waals surface area (Å²) in [6.45, 7) is 6.45. The minimum absolute atomic E-state index is 0.385. The predicted molar refractivity (Wildman–Crippen MR) is 85.6 cm³/mol. The van der Waals surface area contributed by atoms with E-state index in [0.29, 0.717) is 17.7 Å². The summed E-state index contributed by atoms with van der Waals surface area (Å²) in [5, 5.41) is 1.14. The molecule has 112 valence electrons. The Morgan fingerprint density at radius 1 is 1.11 bits per heavy atom. The minimum atomic E-state index is 0.385. The van der Waals surface area contributed by atoms with Crippen LogP contribution in [0.25, 0.3) is 0 Å². The number of hydrogen-bond donors (Lipinski definition) is 0. The molecule has 0 aromatic rings. The van der Waals surface area contributed by atoms with Crippen molar-refractivity contribution in [3.8, 4) is 0 Å². The maximum atomic E-state index is 11.8. The molecule has 1 aliphatic heterocycles.